The Kier molecular flexibility index (Phi) is 4.45. The maximum atomic E-state index is 12.9. The minimum Gasteiger partial charge on any atom is -0.326 e. The number of benzene rings is 2. The third-order valence-electron chi connectivity index (χ3n) is 5.25. The van der Waals surface area contributed by atoms with E-state index in [4.69, 9.17) is 0 Å². The van der Waals surface area contributed by atoms with E-state index in [1.165, 1.54) is 4.90 Å². The predicted octanol–water partition coefficient (Wildman–Crippen LogP) is 2.94. The van der Waals surface area contributed by atoms with E-state index in [0.717, 1.165) is 16.6 Å². The smallest absolute Gasteiger partial charge is 0.326 e. The number of aromatic nitrogens is 2. The van der Waals surface area contributed by atoms with Crippen LogP contribution in [0.5, 0.6) is 0 Å². The van der Waals surface area contributed by atoms with Crippen LogP contribution in [0.25, 0.3) is 10.8 Å². The second kappa shape index (κ2) is 6.84. The van der Waals surface area contributed by atoms with Crippen molar-refractivity contribution in [2.45, 2.75) is 20.3 Å². The molecule has 2 aromatic carbocycles. The lowest BCUT2D eigenvalue weighted by Gasteiger charge is -2.40. The zero-order valence-electron chi connectivity index (χ0n) is 16.6. The van der Waals surface area contributed by atoms with Gasteiger partial charge in [-0.05, 0) is 37.6 Å². The summed E-state index contributed by atoms with van der Waals surface area (Å²) >= 11 is 0. The van der Waals surface area contributed by atoms with Gasteiger partial charge in [0.25, 0.3) is 5.56 Å². The first-order chi connectivity index (χ1) is 13.8. The monoisotopic (exact) mass is 390 g/mol. The van der Waals surface area contributed by atoms with Crippen LogP contribution in [0.3, 0.4) is 0 Å². The maximum Gasteiger partial charge on any atom is 0.331 e. The molecule has 29 heavy (non-hydrogen) atoms. The summed E-state index contributed by atoms with van der Waals surface area (Å²) in [5.41, 5.74) is 1.26. The second-order valence-corrected chi connectivity index (χ2v) is 8.05. The third-order valence-corrected chi connectivity index (χ3v) is 5.25. The molecule has 1 saturated heterocycles. The number of carbonyl (C=O) groups is 2. The van der Waals surface area contributed by atoms with Crippen molar-refractivity contribution >= 4 is 28.4 Å². The Balaban J connectivity index is 1.72. The summed E-state index contributed by atoms with van der Waals surface area (Å²) < 4.78 is 0. The van der Waals surface area contributed by atoms with Crippen LogP contribution in [-0.2, 0) is 11.2 Å². The number of anilines is 1. The van der Waals surface area contributed by atoms with E-state index < -0.39 is 5.41 Å². The largest absolute Gasteiger partial charge is 0.331 e. The normalized spacial score (nSPS) is 16.5. The first kappa shape index (κ1) is 18.9. The molecule has 0 bridgehead atoms. The molecule has 0 unspecified atom stereocenters. The lowest BCUT2D eigenvalue weighted by molar-refractivity contribution is -0.127. The number of H-pyrrole nitrogens is 1. The average Bonchev–Trinajstić information content (AvgIpc) is 2.69. The number of rotatable bonds is 3. The van der Waals surface area contributed by atoms with Crippen LogP contribution in [0.4, 0.5) is 10.5 Å². The summed E-state index contributed by atoms with van der Waals surface area (Å²) in [5, 5.41) is 8.12. The van der Waals surface area contributed by atoms with Gasteiger partial charge in [-0.3, -0.25) is 9.59 Å². The molecule has 4 rings (SSSR count). The molecule has 7 heteroatoms. The van der Waals surface area contributed by atoms with Crippen LogP contribution in [-0.4, -0.2) is 40.6 Å². The molecule has 0 aliphatic carbocycles. The molecule has 0 spiro atoms. The highest BCUT2D eigenvalue weighted by molar-refractivity contribution is 6.17. The van der Waals surface area contributed by atoms with Gasteiger partial charge in [0.2, 0.25) is 5.91 Å². The molecule has 148 valence electrons. The Morgan fingerprint density at radius 2 is 1.76 bits per heavy atom. The van der Waals surface area contributed by atoms with Gasteiger partial charge >= 0.3 is 6.03 Å². The standard InChI is InChI=1S/C22H22N4O3/c1-22(2)13-25(3)21(29)26(20(22)28)15-8-6-7-14(11-15)12-18-16-9-4-5-10-17(16)19(27)24-23-18/h4-11H,12-13H2,1-3H3,(H,24,27). The van der Waals surface area contributed by atoms with E-state index in [0.29, 0.717) is 24.0 Å². The average molecular weight is 390 g/mol. The highest BCUT2D eigenvalue weighted by Crippen LogP contribution is 2.31. The fourth-order valence-electron chi connectivity index (χ4n) is 3.82. The number of hydrogen-bond acceptors (Lipinski definition) is 4. The predicted molar refractivity (Wildman–Crippen MR) is 111 cm³/mol. The van der Waals surface area contributed by atoms with Crippen molar-refractivity contribution in [3.63, 3.8) is 0 Å². The molecule has 1 aliphatic rings. The number of carbonyl (C=O) groups excluding carboxylic acids is 2. The Bertz CT molecular complexity index is 1180. The Morgan fingerprint density at radius 1 is 1.03 bits per heavy atom. The van der Waals surface area contributed by atoms with Crippen LogP contribution in [0.15, 0.2) is 53.3 Å². The zero-order valence-corrected chi connectivity index (χ0v) is 16.6. The highest BCUT2D eigenvalue weighted by atomic mass is 16.2. The molecular weight excluding hydrogens is 368 g/mol. The fourth-order valence-corrected chi connectivity index (χ4v) is 3.82. The van der Waals surface area contributed by atoms with Crippen molar-refractivity contribution in [2.24, 2.45) is 5.41 Å². The third kappa shape index (κ3) is 3.29. The van der Waals surface area contributed by atoms with Gasteiger partial charge in [0.15, 0.2) is 0 Å². The number of nitrogens with one attached hydrogen (secondary N) is 1. The SMILES string of the molecule is CN1CC(C)(C)C(=O)N(c2cccc(Cc3n[nH]c(=O)c4ccccc34)c2)C1=O. The summed E-state index contributed by atoms with van der Waals surface area (Å²) in [6, 6.07) is 14.3. The van der Waals surface area contributed by atoms with Gasteiger partial charge in [-0.25, -0.2) is 14.8 Å². The Labute approximate surface area is 167 Å². The van der Waals surface area contributed by atoms with Gasteiger partial charge in [0.05, 0.1) is 22.2 Å². The number of hydrogen-bond donors (Lipinski definition) is 1. The molecule has 1 fully saturated rings. The van der Waals surface area contributed by atoms with Gasteiger partial charge in [-0.15, -0.1) is 0 Å². The van der Waals surface area contributed by atoms with E-state index in [-0.39, 0.29) is 17.5 Å². The van der Waals surface area contributed by atoms with Gasteiger partial charge in [-0.2, -0.15) is 5.10 Å². The van der Waals surface area contributed by atoms with Crippen LogP contribution >= 0.6 is 0 Å². The summed E-state index contributed by atoms with van der Waals surface area (Å²) in [6.45, 7) is 4.06. The van der Waals surface area contributed by atoms with E-state index in [1.54, 1.807) is 24.1 Å². The number of amides is 3. The van der Waals surface area contributed by atoms with E-state index in [1.807, 2.05) is 50.2 Å². The van der Waals surface area contributed by atoms with Crippen LogP contribution in [0.2, 0.25) is 0 Å². The maximum absolute atomic E-state index is 12.9. The molecule has 1 aromatic heterocycles. The molecule has 2 heterocycles. The van der Waals surface area contributed by atoms with Gasteiger partial charge in [-0.1, -0.05) is 30.3 Å². The molecule has 3 aromatic rings. The number of fused-ring (bicyclic) bond motifs is 1. The number of aromatic amines is 1. The van der Waals surface area contributed by atoms with E-state index in [9.17, 15) is 14.4 Å². The lowest BCUT2D eigenvalue weighted by atomic mass is 9.89. The topological polar surface area (TPSA) is 86.4 Å². The molecule has 0 radical (unpaired) electrons. The minimum atomic E-state index is -0.657. The summed E-state index contributed by atoms with van der Waals surface area (Å²) in [5.74, 6) is -0.217. The summed E-state index contributed by atoms with van der Waals surface area (Å²) in [4.78, 5) is 40.4. The molecule has 0 saturated carbocycles. The quantitative estimate of drug-likeness (QED) is 0.745. The fraction of sp³-hybridized carbons (Fsp3) is 0.273. The molecule has 7 nitrogen and oxygen atoms in total. The molecule has 1 N–H and O–H groups in total. The minimum absolute atomic E-state index is 0.217. The van der Waals surface area contributed by atoms with Crippen LogP contribution < -0.4 is 10.5 Å². The van der Waals surface area contributed by atoms with Crippen molar-refractivity contribution < 1.29 is 9.59 Å². The van der Waals surface area contributed by atoms with Crippen molar-refractivity contribution in [3.8, 4) is 0 Å². The molecule has 3 amide bonds. The number of imide groups is 1. The van der Waals surface area contributed by atoms with Gasteiger partial charge < -0.3 is 4.90 Å². The molecule has 1 aliphatic heterocycles. The number of urea groups is 1. The van der Waals surface area contributed by atoms with E-state index >= 15 is 0 Å². The zero-order chi connectivity index (χ0) is 20.8. The van der Waals surface area contributed by atoms with E-state index in [2.05, 4.69) is 10.2 Å². The van der Waals surface area contributed by atoms with Crippen molar-refractivity contribution in [2.75, 3.05) is 18.5 Å². The van der Waals surface area contributed by atoms with Crippen molar-refractivity contribution in [1.29, 1.82) is 0 Å². The Hall–Kier alpha value is -3.48. The highest BCUT2D eigenvalue weighted by Gasteiger charge is 2.43. The van der Waals surface area contributed by atoms with Crippen molar-refractivity contribution in [1.82, 2.24) is 15.1 Å². The lowest BCUT2D eigenvalue weighted by Crippen LogP contribution is -2.59. The van der Waals surface area contributed by atoms with Crippen molar-refractivity contribution in [3.05, 3.63) is 70.1 Å². The molecular formula is C22H22N4O3. The van der Waals surface area contributed by atoms with Crippen LogP contribution in [0.1, 0.15) is 25.1 Å². The Morgan fingerprint density at radius 3 is 2.52 bits per heavy atom. The summed E-state index contributed by atoms with van der Waals surface area (Å²) in [6.07, 6.45) is 0.459. The van der Waals surface area contributed by atoms with Crippen LogP contribution in [0, 0.1) is 5.41 Å². The summed E-state index contributed by atoms with van der Waals surface area (Å²) in [7, 11) is 1.70. The van der Waals surface area contributed by atoms with Gasteiger partial charge in [0.1, 0.15) is 0 Å². The number of nitrogens with zero attached hydrogens (tertiary/aromatic N) is 3. The van der Waals surface area contributed by atoms with Gasteiger partial charge in [0, 0.05) is 25.4 Å². The second-order valence-electron chi connectivity index (χ2n) is 8.05. The first-order valence-electron chi connectivity index (χ1n) is 9.43. The molecule has 0 atom stereocenters. The first-order valence-corrected chi connectivity index (χ1v) is 9.43.